The summed E-state index contributed by atoms with van der Waals surface area (Å²) in [6.45, 7) is 6.21. The first kappa shape index (κ1) is 23.7. The van der Waals surface area contributed by atoms with Crippen molar-refractivity contribution in [2.24, 2.45) is 0 Å². The molecular weight excluding hydrogens is 398 g/mol. The highest BCUT2D eigenvalue weighted by Gasteiger charge is 2.08. The summed E-state index contributed by atoms with van der Waals surface area (Å²) in [5.41, 5.74) is 3.31. The van der Waals surface area contributed by atoms with E-state index < -0.39 is 9.84 Å². The lowest BCUT2D eigenvalue weighted by Crippen LogP contribution is -1.99. The van der Waals surface area contributed by atoms with Gasteiger partial charge in [-0.3, -0.25) is 0 Å². The van der Waals surface area contributed by atoms with E-state index in [0.29, 0.717) is 4.90 Å². The molecule has 0 saturated carbocycles. The van der Waals surface area contributed by atoms with Gasteiger partial charge < -0.3 is 5.32 Å². The molecule has 3 nitrogen and oxygen atoms in total. The Morgan fingerprint density at radius 3 is 2.36 bits per heavy atom. The summed E-state index contributed by atoms with van der Waals surface area (Å²) in [4.78, 5) is 0.333. The van der Waals surface area contributed by atoms with Gasteiger partial charge in [0.15, 0.2) is 9.84 Å². The van der Waals surface area contributed by atoms with Gasteiger partial charge in [0, 0.05) is 24.3 Å². The molecule has 1 aromatic carbocycles. The van der Waals surface area contributed by atoms with Gasteiger partial charge in [0.25, 0.3) is 0 Å². The molecule has 0 heterocycles. The van der Waals surface area contributed by atoms with Gasteiger partial charge in [0.1, 0.15) is 0 Å². The molecule has 0 amide bonds. The summed E-state index contributed by atoms with van der Waals surface area (Å²) < 4.78 is 22.6. The Morgan fingerprint density at radius 2 is 1.92 bits per heavy atom. The molecule has 1 N–H and O–H groups in total. The second kappa shape index (κ2) is 13.0. The van der Waals surface area contributed by atoms with Crippen LogP contribution < -0.4 is 5.32 Å². The van der Waals surface area contributed by atoms with Crippen LogP contribution in [0.4, 0.5) is 5.69 Å². The van der Waals surface area contributed by atoms with Crippen LogP contribution in [0.2, 0.25) is 0 Å². The Bertz CT molecular complexity index is 704. The Kier molecular flexibility index (Phi) is 12.3. The Labute approximate surface area is 162 Å². The molecule has 0 spiro atoms. The monoisotopic (exact) mass is 427 g/mol. The predicted octanol–water partition coefficient (Wildman–Crippen LogP) is 5.85. The number of benzene rings is 1. The zero-order valence-corrected chi connectivity index (χ0v) is 18.2. The molecule has 0 radical (unpaired) electrons. The number of sulfone groups is 1. The summed E-state index contributed by atoms with van der Waals surface area (Å²) in [7, 11) is -1.36. The van der Waals surface area contributed by atoms with Crippen LogP contribution in [0.1, 0.15) is 39.2 Å². The largest absolute Gasteiger partial charge is 0.388 e. The first-order valence-corrected chi connectivity index (χ1v) is 11.3. The highest BCUT2D eigenvalue weighted by atomic mass is 79.9. The number of anilines is 1. The fourth-order valence-corrected chi connectivity index (χ4v) is 2.98. The smallest absolute Gasteiger partial charge is 0.175 e. The van der Waals surface area contributed by atoms with Crippen LogP contribution >= 0.6 is 15.9 Å². The minimum absolute atomic E-state index is 0.333. The lowest BCUT2D eigenvalue weighted by Gasteiger charge is -2.07. The lowest BCUT2D eigenvalue weighted by atomic mass is 10.1. The second-order valence-electron chi connectivity index (χ2n) is 5.40. The van der Waals surface area contributed by atoms with E-state index in [1.54, 1.807) is 25.2 Å². The van der Waals surface area contributed by atoms with Gasteiger partial charge in [0.2, 0.25) is 0 Å². The van der Waals surface area contributed by atoms with Crippen molar-refractivity contribution in [3.05, 3.63) is 53.6 Å². The molecule has 1 rings (SSSR count). The molecule has 0 aliphatic rings. The third-order valence-electron chi connectivity index (χ3n) is 3.57. The van der Waals surface area contributed by atoms with E-state index >= 15 is 0 Å². The van der Waals surface area contributed by atoms with E-state index in [-0.39, 0.29) is 0 Å². The molecule has 1 aromatic rings. The van der Waals surface area contributed by atoms with Crippen LogP contribution in [0.15, 0.2) is 53.0 Å². The summed E-state index contributed by atoms with van der Waals surface area (Å²) in [6.07, 6.45) is 13.9. The van der Waals surface area contributed by atoms with Crippen molar-refractivity contribution in [3.63, 3.8) is 0 Å². The number of hydrogen-bond acceptors (Lipinski definition) is 3. The van der Waals surface area contributed by atoms with Crippen LogP contribution in [0.5, 0.6) is 0 Å². The van der Waals surface area contributed by atoms with Crippen molar-refractivity contribution in [1.29, 1.82) is 0 Å². The molecule has 0 saturated heterocycles. The molecular formula is C20H30BrNO2S. The van der Waals surface area contributed by atoms with Crippen LogP contribution in [-0.4, -0.2) is 27.1 Å². The van der Waals surface area contributed by atoms with Gasteiger partial charge in [0.05, 0.1) is 4.90 Å². The maximum Gasteiger partial charge on any atom is 0.175 e. The molecule has 0 unspecified atom stereocenters. The zero-order chi connectivity index (χ0) is 19.3. The number of nitrogens with one attached hydrogen (secondary N) is 1. The topological polar surface area (TPSA) is 46.2 Å². The van der Waals surface area contributed by atoms with Gasteiger partial charge in [-0.05, 0) is 44.4 Å². The number of allylic oxidation sites excluding steroid dienone is 5. The number of alkyl halides is 1. The van der Waals surface area contributed by atoms with E-state index in [1.165, 1.54) is 18.2 Å². The van der Waals surface area contributed by atoms with E-state index in [1.807, 2.05) is 19.1 Å². The molecule has 0 atom stereocenters. The van der Waals surface area contributed by atoms with Crippen molar-refractivity contribution in [1.82, 2.24) is 0 Å². The Hall–Kier alpha value is -1.33. The molecule has 0 aromatic heterocycles. The molecule has 0 bridgehead atoms. The van der Waals surface area contributed by atoms with Crippen LogP contribution in [0, 0.1) is 0 Å². The third kappa shape index (κ3) is 9.66. The summed E-state index contributed by atoms with van der Waals surface area (Å²) in [5, 5.41) is 3.94. The zero-order valence-electron chi connectivity index (χ0n) is 15.8. The van der Waals surface area contributed by atoms with E-state index in [0.717, 1.165) is 23.0 Å². The van der Waals surface area contributed by atoms with Crippen molar-refractivity contribution in [2.45, 2.75) is 38.5 Å². The highest BCUT2D eigenvalue weighted by molar-refractivity contribution is 9.09. The minimum Gasteiger partial charge on any atom is -0.388 e. The fraction of sp³-hybridized carbons (Fsp3) is 0.400. The number of rotatable bonds is 7. The fourth-order valence-electron chi connectivity index (χ4n) is 2.07. The molecule has 0 aliphatic heterocycles. The van der Waals surface area contributed by atoms with Crippen molar-refractivity contribution < 1.29 is 8.42 Å². The molecule has 0 aliphatic carbocycles. The third-order valence-corrected chi connectivity index (χ3v) is 5.05. The molecule has 25 heavy (non-hydrogen) atoms. The number of hydrogen-bond donors (Lipinski definition) is 1. The summed E-state index contributed by atoms with van der Waals surface area (Å²) in [6, 6.07) is 5.05. The molecule has 5 heteroatoms. The normalized spacial score (nSPS) is 12.3. The maximum absolute atomic E-state index is 11.3. The first-order valence-electron chi connectivity index (χ1n) is 8.33. The summed E-state index contributed by atoms with van der Waals surface area (Å²) in [5.74, 6) is 0. The lowest BCUT2D eigenvalue weighted by molar-refractivity contribution is 0.602. The molecule has 0 fully saturated rings. The van der Waals surface area contributed by atoms with E-state index in [2.05, 4.69) is 53.3 Å². The first-order chi connectivity index (χ1) is 11.8. The molecule has 140 valence electrons. The Balaban J connectivity index is 0.000000504. The van der Waals surface area contributed by atoms with Crippen LogP contribution in [0.25, 0.3) is 6.08 Å². The van der Waals surface area contributed by atoms with Crippen molar-refractivity contribution in [2.75, 3.05) is 24.0 Å². The second-order valence-corrected chi connectivity index (χ2v) is 8.06. The van der Waals surface area contributed by atoms with Gasteiger partial charge in [-0.2, -0.15) is 0 Å². The van der Waals surface area contributed by atoms with Gasteiger partial charge in [-0.25, -0.2) is 8.42 Å². The van der Waals surface area contributed by atoms with Gasteiger partial charge in [-0.1, -0.05) is 64.9 Å². The average Bonchev–Trinajstić information content (AvgIpc) is 2.59. The van der Waals surface area contributed by atoms with Crippen LogP contribution in [-0.2, 0) is 9.84 Å². The van der Waals surface area contributed by atoms with Crippen molar-refractivity contribution in [3.8, 4) is 0 Å². The standard InChI is InChI=1S/C11H15NO2S.C9H15Br/c1-4-5-9-6-7-10(15(3,13)14)8-11(9)12-2;1-3-9(4-2)7-5-6-8-10/h4-8,12H,1-3H3;3,5-6H,4,7-8H2,1-2H3/b5-4+;6-5-,9-3-. The van der Waals surface area contributed by atoms with Gasteiger partial charge in [-0.15, -0.1) is 0 Å². The average molecular weight is 428 g/mol. The van der Waals surface area contributed by atoms with Crippen molar-refractivity contribution >= 4 is 37.5 Å². The van der Waals surface area contributed by atoms with E-state index in [9.17, 15) is 8.42 Å². The van der Waals surface area contributed by atoms with Gasteiger partial charge >= 0.3 is 0 Å². The predicted molar refractivity (Wildman–Crippen MR) is 115 cm³/mol. The minimum atomic E-state index is -3.13. The Morgan fingerprint density at radius 1 is 1.24 bits per heavy atom. The quantitative estimate of drug-likeness (QED) is 0.438. The highest BCUT2D eigenvalue weighted by Crippen LogP contribution is 2.21. The summed E-state index contributed by atoms with van der Waals surface area (Å²) >= 11 is 3.34. The van der Waals surface area contributed by atoms with E-state index in [4.69, 9.17) is 0 Å². The van der Waals surface area contributed by atoms with Crippen LogP contribution in [0.3, 0.4) is 0 Å². The maximum atomic E-state index is 11.3. The number of halogens is 1. The SMILES string of the molecule is C/C=C(/CC)C/C=C\CBr.C/C=C/c1ccc(S(C)(=O)=O)cc1NC.